The highest BCUT2D eigenvalue weighted by Gasteiger charge is 2.28. The Morgan fingerprint density at radius 1 is 1.35 bits per heavy atom. The normalized spacial score (nSPS) is 15.3. The second kappa shape index (κ2) is 7.65. The average molecular weight is 241 g/mol. The number of nitrogens with zero attached hydrogens (tertiary/aromatic N) is 2. The minimum atomic E-state index is -0.508. The van der Waals surface area contributed by atoms with E-state index in [1.807, 2.05) is 6.92 Å². The third-order valence-electron chi connectivity index (χ3n) is 2.69. The van der Waals surface area contributed by atoms with E-state index >= 15 is 0 Å². The van der Waals surface area contributed by atoms with Crippen LogP contribution in [-0.2, 0) is 4.74 Å². The fraction of sp³-hybridized carbons (Fsp3) is 0.923. The molecule has 0 radical (unpaired) electrons. The van der Waals surface area contributed by atoms with Crippen molar-refractivity contribution >= 4 is 0 Å². The summed E-state index contributed by atoms with van der Waals surface area (Å²) in [5.41, 5.74) is -0.508. The van der Waals surface area contributed by atoms with Crippen molar-refractivity contribution in [3.63, 3.8) is 0 Å². The Bertz CT molecular complexity index is 248. The average Bonchev–Trinajstić information content (AvgIpc) is 2.22. The second-order valence-electron chi connectivity index (χ2n) is 5.30. The molecule has 0 saturated heterocycles. The van der Waals surface area contributed by atoms with Gasteiger partial charge in [0.05, 0.1) is 12.7 Å². The summed E-state index contributed by atoms with van der Waals surface area (Å²) in [5, 5.41) is 12.6. The van der Waals surface area contributed by atoms with Crippen molar-refractivity contribution < 1.29 is 4.74 Å². The number of nitriles is 1. The van der Waals surface area contributed by atoms with Gasteiger partial charge in [-0.1, -0.05) is 0 Å². The summed E-state index contributed by atoms with van der Waals surface area (Å²) in [7, 11) is 1.70. The lowest BCUT2D eigenvalue weighted by Crippen LogP contribution is -2.54. The lowest BCUT2D eigenvalue weighted by atomic mass is 10.0. The lowest BCUT2D eigenvalue weighted by molar-refractivity contribution is 0.112. The molecule has 100 valence electrons. The van der Waals surface area contributed by atoms with E-state index < -0.39 is 5.54 Å². The van der Waals surface area contributed by atoms with Crippen LogP contribution in [0.4, 0.5) is 0 Å². The van der Waals surface area contributed by atoms with Gasteiger partial charge in [-0.05, 0) is 34.6 Å². The highest BCUT2D eigenvalue weighted by Crippen LogP contribution is 2.10. The zero-order valence-electron chi connectivity index (χ0n) is 12.1. The van der Waals surface area contributed by atoms with Crippen LogP contribution < -0.4 is 5.32 Å². The third-order valence-corrected chi connectivity index (χ3v) is 2.69. The number of hydrogen-bond acceptors (Lipinski definition) is 4. The topological polar surface area (TPSA) is 48.3 Å². The van der Waals surface area contributed by atoms with E-state index in [1.165, 1.54) is 0 Å². The molecule has 0 aromatic heterocycles. The summed E-state index contributed by atoms with van der Waals surface area (Å²) in [6.45, 7) is 12.6. The van der Waals surface area contributed by atoms with Gasteiger partial charge in [-0.15, -0.1) is 0 Å². The van der Waals surface area contributed by atoms with Crippen molar-refractivity contribution in [2.75, 3.05) is 26.8 Å². The van der Waals surface area contributed by atoms with E-state index in [1.54, 1.807) is 7.11 Å². The van der Waals surface area contributed by atoms with Gasteiger partial charge in [-0.3, -0.25) is 10.2 Å². The predicted octanol–water partition coefficient (Wildman–Crippen LogP) is 1.62. The van der Waals surface area contributed by atoms with E-state index in [9.17, 15) is 5.26 Å². The van der Waals surface area contributed by atoms with Gasteiger partial charge in [0.2, 0.25) is 0 Å². The van der Waals surface area contributed by atoms with E-state index in [0.29, 0.717) is 25.2 Å². The van der Waals surface area contributed by atoms with Crippen LogP contribution in [0.2, 0.25) is 0 Å². The minimum Gasteiger partial charge on any atom is -0.383 e. The Kier molecular flexibility index (Phi) is 7.37. The summed E-state index contributed by atoms with van der Waals surface area (Å²) < 4.78 is 5.11. The van der Waals surface area contributed by atoms with Crippen LogP contribution >= 0.6 is 0 Å². The standard InChI is InChI=1S/C13H27N3O/c1-11(2)15-13(5,9-14)10-16(12(3)4)7-8-17-6/h11-12,15H,7-8,10H2,1-6H3. The molecule has 0 aliphatic heterocycles. The molecule has 4 nitrogen and oxygen atoms in total. The first-order valence-electron chi connectivity index (χ1n) is 6.26. The molecule has 1 unspecified atom stereocenters. The highest BCUT2D eigenvalue weighted by atomic mass is 16.5. The Morgan fingerprint density at radius 2 is 1.94 bits per heavy atom. The molecule has 17 heavy (non-hydrogen) atoms. The summed E-state index contributed by atoms with van der Waals surface area (Å²) in [6.07, 6.45) is 0. The third kappa shape index (κ3) is 6.62. The Labute approximate surface area is 106 Å². The van der Waals surface area contributed by atoms with Crippen LogP contribution in [-0.4, -0.2) is 49.3 Å². The summed E-state index contributed by atoms with van der Waals surface area (Å²) in [5.74, 6) is 0. The van der Waals surface area contributed by atoms with Crippen molar-refractivity contribution in [2.45, 2.75) is 52.2 Å². The van der Waals surface area contributed by atoms with E-state index in [2.05, 4.69) is 44.0 Å². The fourth-order valence-electron chi connectivity index (χ4n) is 1.88. The minimum absolute atomic E-state index is 0.302. The van der Waals surface area contributed by atoms with Gasteiger partial charge in [-0.2, -0.15) is 5.26 Å². The van der Waals surface area contributed by atoms with Crippen molar-refractivity contribution in [1.29, 1.82) is 5.26 Å². The van der Waals surface area contributed by atoms with Crippen LogP contribution in [0.1, 0.15) is 34.6 Å². The molecular formula is C13H27N3O. The molecule has 4 heteroatoms. The Balaban J connectivity index is 4.53. The maximum atomic E-state index is 9.32. The van der Waals surface area contributed by atoms with Crippen LogP contribution in [0.5, 0.6) is 0 Å². The molecule has 0 aromatic rings. The van der Waals surface area contributed by atoms with Gasteiger partial charge in [0.25, 0.3) is 0 Å². The molecule has 0 bridgehead atoms. The number of methoxy groups -OCH3 is 1. The number of rotatable bonds is 8. The number of hydrogen-bond donors (Lipinski definition) is 1. The van der Waals surface area contributed by atoms with Crippen LogP contribution in [0.3, 0.4) is 0 Å². The monoisotopic (exact) mass is 241 g/mol. The quantitative estimate of drug-likeness (QED) is 0.701. The smallest absolute Gasteiger partial charge is 0.116 e. The highest BCUT2D eigenvalue weighted by molar-refractivity contribution is 5.06. The summed E-state index contributed by atoms with van der Waals surface area (Å²) >= 11 is 0. The second-order valence-corrected chi connectivity index (χ2v) is 5.30. The fourth-order valence-corrected chi connectivity index (χ4v) is 1.88. The summed E-state index contributed by atoms with van der Waals surface area (Å²) in [6, 6.07) is 3.09. The van der Waals surface area contributed by atoms with Crippen LogP contribution in [0.15, 0.2) is 0 Å². The van der Waals surface area contributed by atoms with Crippen molar-refractivity contribution in [3.05, 3.63) is 0 Å². The van der Waals surface area contributed by atoms with Crippen molar-refractivity contribution in [1.82, 2.24) is 10.2 Å². The molecule has 0 saturated carbocycles. The molecule has 0 aliphatic carbocycles. The molecular weight excluding hydrogens is 214 g/mol. The first kappa shape index (κ1) is 16.4. The molecule has 0 aliphatic rings. The van der Waals surface area contributed by atoms with Crippen LogP contribution in [0, 0.1) is 11.3 Å². The van der Waals surface area contributed by atoms with Gasteiger partial charge >= 0.3 is 0 Å². The first-order chi connectivity index (χ1) is 7.84. The molecule has 0 amide bonds. The maximum Gasteiger partial charge on any atom is 0.116 e. The predicted molar refractivity (Wildman–Crippen MR) is 70.9 cm³/mol. The van der Waals surface area contributed by atoms with E-state index in [4.69, 9.17) is 4.74 Å². The largest absolute Gasteiger partial charge is 0.383 e. The molecule has 0 fully saturated rings. The molecule has 0 aromatic carbocycles. The zero-order chi connectivity index (χ0) is 13.5. The van der Waals surface area contributed by atoms with E-state index in [-0.39, 0.29) is 0 Å². The van der Waals surface area contributed by atoms with E-state index in [0.717, 1.165) is 6.54 Å². The number of nitrogens with one attached hydrogen (secondary N) is 1. The molecule has 0 spiro atoms. The summed E-state index contributed by atoms with van der Waals surface area (Å²) in [4.78, 5) is 2.27. The first-order valence-corrected chi connectivity index (χ1v) is 6.26. The SMILES string of the molecule is COCCN(CC(C)(C#N)NC(C)C)C(C)C. The zero-order valence-corrected chi connectivity index (χ0v) is 12.1. The Morgan fingerprint density at radius 3 is 2.29 bits per heavy atom. The van der Waals surface area contributed by atoms with Gasteiger partial charge in [-0.25, -0.2) is 0 Å². The maximum absolute atomic E-state index is 9.32. The molecule has 0 heterocycles. The van der Waals surface area contributed by atoms with Gasteiger partial charge in [0, 0.05) is 32.3 Å². The van der Waals surface area contributed by atoms with Crippen molar-refractivity contribution in [2.24, 2.45) is 0 Å². The number of ether oxygens (including phenoxy) is 1. The lowest BCUT2D eigenvalue weighted by Gasteiger charge is -2.35. The van der Waals surface area contributed by atoms with Crippen molar-refractivity contribution in [3.8, 4) is 6.07 Å². The Hall–Kier alpha value is -0.630. The van der Waals surface area contributed by atoms with Crippen LogP contribution in [0.25, 0.3) is 0 Å². The molecule has 0 rings (SSSR count). The van der Waals surface area contributed by atoms with Gasteiger partial charge in [0.15, 0.2) is 0 Å². The molecule has 1 N–H and O–H groups in total. The molecule has 1 atom stereocenters. The van der Waals surface area contributed by atoms with Gasteiger partial charge in [0.1, 0.15) is 5.54 Å². The van der Waals surface area contributed by atoms with Gasteiger partial charge < -0.3 is 4.74 Å².